The molecule has 52 valence electrons. The zero-order valence-corrected chi connectivity index (χ0v) is 5.72. The first-order chi connectivity index (χ1) is 4.34. The van der Waals surface area contributed by atoms with Crippen LogP contribution < -0.4 is 11.1 Å². The highest BCUT2D eigenvalue weighted by atomic mass is 15.2. The molecule has 0 aromatic heterocycles. The van der Waals surface area contributed by atoms with Gasteiger partial charge in [0.05, 0.1) is 6.67 Å². The van der Waals surface area contributed by atoms with Crippen molar-refractivity contribution in [3.63, 3.8) is 0 Å². The smallest absolute Gasteiger partial charge is 0.0866 e. The molecule has 9 heavy (non-hydrogen) atoms. The first kappa shape index (κ1) is 6.42. The first-order valence-corrected chi connectivity index (χ1v) is 3.18. The molecule has 0 aromatic carbocycles. The standard InChI is InChI=1S/C6H13N3/c1-9-5-8-4-6(9)2-3-7/h4,8H,2-3,5,7H2,1H3. The fourth-order valence-electron chi connectivity index (χ4n) is 0.923. The van der Waals surface area contributed by atoms with E-state index in [1.807, 2.05) is 6.20 Å². The Morgan fingerprint density at radius 2 is 2.67 bits per heavy atom. The van der Waals surface area contributed by atoms with Crippen LogP contribution in [0.3, 0.4) is 0 Å². The van der Waals surface area contributed by atoms with Crippen LogP contribution in [0.25, 0.3) is 0 Å². The average Bonchev–Trinajstić information content (AvgIpc) is 2.18. The highest BCUT2D eigenvalue weighted by Gasteiger charge is 2.06. The van der Waals surface area contributed by atoms with Crippen LogP contribution in [-0.2, 0) is 0 Å². The van der Waals surface area contributed by atoms with E-state index in [2.05, 4.69) is 17.3 Å². The molecule has 3 heteroatoms. The molecule has 0 aliphatic carbocycles. The highest BCUT2D eigenvalue weighted by molar-refractivity contribution is 5.03. The number of nitrogens with zero attached hydrogens (tertiary/aromatic N) is 1. The summed E-state index contributed by atoms with van der Waals surface area (Å²) in [7, 11) is 2.06. The molecular weight excluding hydrogens is 114 g/mol. The summed E-state index contributed by atoms with van der Waals surface area (Å²) in [5, 5.41) is 3.12. The van der Waals surface area contributed by atoms with Crippen molar-refractivity contribution in [2.45, 2.75) is 6.42 Å². The molecule has 3 N–H and O–H groups in total. The molecule has 1 rings (SSSR count). The number of rotatable bonds is 2. The van der Waals surface area contributed by atoms with Crippen LogP contribution in [0, 0.1) is 0 Å². The van der Waals surface area contributed by atoms with E-state index in [0.717, 1.165) is 19.6 Å². The van der Waals surface area contributed by atoms with Gasteiger partial charge in [-0.15, -0.1) is 0 Å². The number of nitrogens with two attached hydrogens (primary N) is 1. The zero-order chi connectivity index (χ0) is 6.69. The molecule has 1 aliphatic rings. The van der Waals surface area contributed by atoms with Gasteiger partial charge >= 0.3 is 0 Å². The Kier molecular flexibility index (Phi) is 1.95. The summed E-state index contributed by atoms with van der Waals surface area (Å²) in [6.07, 6.45) is 3.00. The van der Waals surface area contributed by atoms with Crippen LogP contribution in [-0.4, -0.2) is 25.2 Å². The van der Waals surface area contributed by atoms with Crippen LogP contribution in [0.2, 0.25) is 0 Å². The van der Waals surface area contributed by atoms with E-state index in [-0.39, 0.29) is 0 Å². The molecule has 0 saturated carbocycles. The minimum absolute atomic E-state index is 0.734. The van der Waals surface area contributed by atoms with Crippen molar-refractivity contribution >= 4 is 0 Å². The lowest BCUT2D eigenvalue weighted by Gasteiger charge is -2.12. The van der Waals surface area contributed by atoms with Crippen LogP contribution in [0.15, 0.2) is 11.9 Å². The van der Waals surface area contributed by atoms with Crippen molar-refractivity contribution in [3.8, 4) is 0 Å². The fraction of sp³-hybridized carbons (Fsp3) is 0.667. The Bertz CT molecular complexity index is 119. The Balaban J connectivity index is 2.38. The van der Waals surface area contributed by atoms with Crippen molar-refractivity contribution in [3.05, 3.63) is 11.9 Å². The van der Waals surface area contributed by atoms with Crippen molar-refractivity contribution in [2.24, 2.45) is 5.73 Å². The molecule has 0 radical (unpaired) electrons. The van der Waals surface area contributed by atoms with Gasteiger partial charge < -0.3 is 16.0 Å². The van der Waals surface area contributed by atoms with Gasteiger partial charge in [0.1, 0.15) is 0 Å². The molecule has 1 heterocycles. The van der Waals surface area contributed by atoms with Gasteiger partial charge in [-0.05, 0) is 6.54 Å². The van der Waals surface area contributed by atoms with Gasteiger partial charge in [-0.25, -0.2) is 0 Å². The molecule has 1 aliphatic heterocycles. The topological polar surface area (TPSA) is 41.3 Å². The third-order valence-corrected chi connectivity index (χ3v) is 1.49. The molecular formula is C6H13N3. The van der Waals surface area contributed by atoms with Gasteiger partial charge in [-0.1, -0.05) is 0 Å². The molecule has 0 bridgehead atoms. The average molecular weight is 127 g/mol. The summed E-state index contributed by atoms with van der Waals surface area (Å²) in [5.41, 5.74) is 6.68. The maximum atomic E-state index is 5.38. The first-order valence-electron chi connectivity index (χ1n) is 3.18. The van der Waals surface area contributed by atoms with Crippen LogP contribution >= 0.6 is 0 Å². The minimum atomic E-state index is 0.734. The van der Waals surface area contributed by atoms with E-state index in [4.69, 9.17) is 5.73 Å². The minimum Gasteiger partial charge on any atom is -0.372 e. The Morgan fingerprint density at radius 3 is 3.11 bits per heavy atom. The monoisotopic (exact) mass is 127 g/mol. The van der Waals surface area contributed by atoms with Gasteiger partial charge in [0.25, 0.3) is 0 Å². The van der Waals surface area contributed by atoms with Crippen LogP contribution in [0.5, 0.6) is 0 Å². The lowest BCUT2D eigenvalue weighted by atomic mass is 10.3. The Morgan fingerprint density at radius 1 is 1.89 bits per heavy atom. The molecule has 0 fully saturated rings. The highest BCUT2D eigenvalue weighted by Crippen LogP contribution is 2.07. The van der Waals surface area contributed by atoms with E-state index in [0.29, 0.717) is 0 Å². The summed E-state index contributed by atoms with van der Waals surface area (Å²) in [6.45, 7) is 1.66. The van der Waals surface area contributed by atoms with Crippen molar-refractivity contribution in [2.75, 3.05) is 20.3 Å². The quantitative estimate of drug-likeness (QED) is 0.533. The summed E-state index contributed by atoms with van der Waals surface area (Å²) in [5.74, 6) is 0. The van der Waals surface area contributed by atoms with Crippen LogP contribution in [0.4, 0.5) is 0 Å². The second-order valence-electron chi connectivity index (χ2n) is 2.23. The van der Waals surface area contributed by atoms with E-state index in [1.165, 1.54) is 5.70 Å². The zero-order valence-electron chi connectivity index (χ0n) is 5.72. The maximum Gasteiger partial charge on any atom is 0.0866 e. The number of hydrogen-bond donors (Lipinski definition) is 2. The van der Waals surface area contributed by atoms with Gasteiger partial charge in [-0.2, -0.15) is 0 Å². The molecule has 0 atom stereocenters. The van der Waals surface area contributed by atoms with E-state index >= 15 is 0 Å². The molecule has 0 amide bonds. The second kappa shape index (κ2) is 2.73. The molecule has 0 aromatic rings. The molecule has 0 unspecified atom stereocenters. The summed E-state index contributed by atoms with van der Waals surface area (Å²) in [6, 6.07) is 0. The van der Waals surface area contributed by atoms with Gasteiger partial charge in [0, 0.05) is 25.4 Å². The van der Waals surface area contributed by atoms with Crippen molar-refractivity contribution in [1.82, 2.24) is 10.2 Å². The fourth-order valence-corrected chi connectivity index (χ4v) is 0.923. The van der Waals surface area contributed by atoms with Crippen molar-refractivity contribution < 1.29 is 0 Å². The molecule has 3 nitrogen and oxygen atoms in total. The third-order valence-electron chi connectivity index (χ3n) is 1.49. The predicted octanol–water partition coefficient (Wildman–Crippen LogP) is -0.331. The number of hydrogen-bond acceptors (Lipinski definition) is 3. The second-order valence-corrected chi connectivity index (χ2v) is 2.23. The lowest BCUT2D eigenvalue weighted by molar-refractivity contribution is 0.427. The number of nitrogens with one attached hydrogen (secondary N) is 1. The van der Waals surface area contributed by atoms with E-state index in [9.17, 15) is 0 Å². The summed E-state index contributed by atoms with van der Waals surface area (Å²) < 4.78 is 0. The van der Waals surface area contributed by atoms with Crippen molar-refractivity contribution in [1.29, 1.82) is 0 Å². The Labute approximate surface area is 55.5 Å². The van der Waals surface area contributed by atoms with E-state index < -0.39 is 0 Å². The van der Waals surface area contributed by atoms with Gasteiger partial charge in [0.15, 0.2) is 0 Å². The van der Waals surface area contributed by atoms with Crippen LogP contribution in [0.1, 0.15) is 6.42 Å². The molecule has 0 saturated heterocycles. The lowest BCUT2D eigenvalue weighted by Crippen LogP contribution is -2.19. The van der Waals surface area contributed by atoms with E-state index in [1.54, 1.807) is 0 Å². The molecule has 0 spiro atoms. The predicted molar refractivity (Wildman–Crippen MR) is 37.5 cm³/mol. The SMILES string of the molecule is CN1CNC=C1CCN. The van der Waals surface area contributed by atoms with Gasteiger partial charge in [0.2, 0.25) is 0 Å². The normalized spacial score (nSPS) is 17.6. The third kappa shape index (κ3) is 1.36. The summed E-state index contributed by atoms with van der Waals surface area (Å²) >= 11 is 0. The summed E-state index contributed by atoms with van der Waals surface area (Å²) in [4.78, 5) is 2.16. The largest absolute Gasteiger partial charge is 0.372 e. The van der Waals surface area contributed by atoms with Gasteiger partial charge in [-0.3, -0.25) is 0 Å². The Hall–Kier alpha value is -0.700. The maximum absolute atomic E-state index is 5.38.